The summed E-state index contributed by atoms with van der Waals surface area (Å²) in [6, 6.07) is 6.66. The van der Waals surface area contributed by atoms with Gasteiger partial charge in [0.05, 0.1) is 25.6 Å². The van der Waals surface area contributed by atoms with Gasteiger partial charge in [-0.2, -0.15) is 0 Å². The number of rotatable bonds is 10. The molecule has 0 unspecified atom stereocenters. The van der Waals surface area contributed by atoms with E-state index in [0.29, 0.717) is 0 Å². The zero-order valence-electron chi connectivity index (χ0n) is 21.8. The van der Waals surface area contributed by atoms with Crippen LogP contribution in [0.25, 0.3) is 0 Å². The second-order valence-electron chi connectivity index (χ2n) is 8.92. The Hall–Kier alpha value is -2.57. The number of nitrogens with zero attached hydrogens (tertiary/aromatic N) is 3. The fraction of sp³-hybridized carbons (Fsp3) is 0.429. The molecule has 0 radical (unpaired) electrons. The quantitative estimate of drug-likeness (QED) is 0.326. The highest BCUT2D eigenvalue weighted by atomic mass is 32.2. The minimum absolute atomic E-state index is 0.729. The molecule has 0 aliphatic rings. The van der Waals surface area contributed by atoms with Crippen LogP contribution >= 0.6 is 11.8 Å². The summed E-state index contributed by atoms with van der Waals surface area (Å²) in [6.07, 6.45) is 3.81. The third-order valence-electron chi connectivity index (χ3n) is 6.24. The van der Waals surface area contributed by atoms with E-state index in [1.807, 2.05) is 38.0 Å². The number of benzene rings is 1. The first-order valence-electron chi connectivity index (χ1n) is 11.7. The van der Waals surface area contributed by atoms with E-state index in [-0.39, 0.29) is 0 Å². The minimum Gasteiger partial charge on any atom is -0.496 e. The second kappa shape index (κ2) is 11.7. The Morgan fingerprint density at radius 3 is 1.76 bits per heavy atom. The summed E-state index contributed by atoms with van der Waals surface area (Å²) in [5.74, 6) is 2.82. The van der Waals surface area contributed by atoms with Crippen molar-refractivity contribution in [3.05, 3.63) is 75.4 Å². The standard InChI is InChI=1S/C28H37N3O2S/c1-18-9-10-26(19(2)13-18)34-12-11-31(16-24-22(5)27(32-7)20(3)14-29-24)17-25-23(6)28(33-8)21(4)15-30-25/h9-10,13-15H,11-12,16-17H2,1-8H3. The monoisotopic (exact) mass is 479 g/mol. The molecule has 5 nitrogen and oxygen atoms in total. The van der Waals surface area contributed by atoms with E-state index < -0.39 is 0 Å². The zero-order chi connectivity index (χ0) is 24.8. The minimum atomic E-state index is 0.729. The number of pyridine rings is 2. The van der Waals surface area contributed by atoms with Gasteiger partial charge < -0.3 is 9.47 Å². The molecule has 34 heavy (non-hydrogen) atoms. The molecule has 0 spiro atoms. The van der Waals surface area contributed by atoms with Gasteiger partial charge in [0.2, 0.25) is 0 Å². The molecule has 0 N–H and O–H groups in total. The van der Waals surface area contributed by atoms with E-state index in [4.69, 9.17) is 19.4 Å². The van der Waals surface area contributed by atoms with Gasteiger partial charge in [0.1, 0.15) is 11.5 Å². The second-order valence-corrected chi connectivity index (χ2v) is 10.1. The number of thioether (sulfide) groups is 1. The van der Waals surface area contributed by atoms with Crippen LogP contribution in [-0.4, -0.2) is 41.4 Å². The first kappa shape index (κ1) is 26.0. The number of aryl methyl sites for hydroxylation is 4. The highest BCUT2D eigenvalue weighted by molar-refractivity contribution is 7.99. The average molecular weight is 480 g/mol. The van der Waals surface area contributed by atoms with Crippen molar-refractivity contribution < 1.29 is 9.47 Å². The molecule has 0 amide bonds. The van der Waals surface area contributed by atoms with Crippen molar-refractivity contribution in [3.63, 3.8) is 0 Å². The van der Waals surface area contributed by atoms with Gasteiger partial charge in [0.15, 0.2) is 0 Å². The predicted molar refractivity (Wildman–Crippen MR) is 141 cm³/mol. The molecule has 0 saturated heterocycles. The van der Waals surface area contributed by atoms with E-state index >= 15 is 0 Å². The van der Waals surface area contributed by atoms with Crippen molar-refractivity contribution in [2.75, 3.05) is 26.5 Å². The molecule has 0 saturated carbocycles. The summed E-state index contributed by atoms with van der Waals surface area (Å²) in [5.41, 5.74) is 9.02. The number of hydrogen-bond donors (Lipinski definition) is 0. The maximum Gasteiger partial charge on any atom is 0.128 e. The summed E-state index contributed by atoms with van der Waals surface area (Å²) in [5, 5.41) is 0. The van der Waals surface area contributed by atoms with Crippen molar-refractivity contribution in [1.82, 2.24) is 14.9 Å². The topological polar surface area (TPSA) is 47.5 Å². The Morgan fingerprint density at radius 2 is 1.29 bits per heavy atom. The van der Waals surface area contributed by atoms with Gasteiger partial charge in [-0.1, -0.05) is 17.7 Å². The fourth-order valence-corrected chi connectivity index (χ4v) is 5.36. The normalized spacial score (nSPS) is 11.2. The molecule has 0 aliphatic carbocycles. The average Bonchev–Trinajstić information content (AvgIpc) is 2.79. The van der Waals surface area contributed by atoms with Gasteiger partial charge in [-0.3, -0.25) is 14.9 Å². The molecular formula is C28H37N3O2S. The van der Waals surface area contributed by atoms with Crippen molar-refractivity contribution in [2.45, 2.75) is 59.5 Å². The summed E-state index contributed by atoms with van der Waals surface area (Å²) >= 11 is 1.90. The molecule has 0 atom stereocenters. The van der Waals surface area contributed by atoms with E-state index in [1.165, 1.54) is 16.0 Å². The molecule has 6 heteroatoms. The molecule has 182 valence electrons. The van der Waals surface area contributed by atoms with Crippen LogP contribution in [0.2, 0.25) is 0 Å². The number of aromatic nitrogens is 2. The molecule has 2 heterocycles. The molecule has 1 aromatic carbocycles. The van der Waals surface area contributed by atoms with Crippen molar-refractivity contribution in [3.8, 4) is 11.5 Å². The highest BCUT2D eigenvalue weighted by Gasteiger charge is 2.17. The van der Waals surface area contributed by atoms with Gasteiger partial charge in [-0.15, -0.1) is 11.8 Å². The lowest BCUT2D eigenvalue weighted by Gasteiger charge is -2.24. The van der Waals surface area contributed by atoms with Crippen LogP contribution < -0.4 is 9.47 Å². The van der Waals surface area contributed by atoms with Gasteiger partial charge in [0.25, 0.3) is 0 Å². The summed E-state index contributed by atoms with van der Waals surface area (Å²) in [7, 11) is 3.45. The molecule has 2 aromatic heterocycles. The highest BCUT2D eigenvalue weighted by Crippen LogP contribution is 2.28. The SMILES string of the molecule is COc1c(C)cnc(CN(CCSc2ccc(C)cc2C)Cc2ncc(C)c(OC)c2C)c1C. The van der Waals surface area contributed by atoms with Crippen molar-refractivity contribution >= 4 is 11.8 Å². The smallest absolute Gasteiger partial charge is 0.128 e. The number of methoxy groups -OCH3 is 2. The first-order valence-corrected chi connectivity index (χ1v) is 12.6. The van der Waals surface area contributed by atoms with Gasteiger partial charge in [0, 0.05) is 64.9 Å². The lowest BCUT2D eigenvalue weighted by Crippen LogP contribution is -2.27. The Morgan fingerprint density at radius 1 is 0.765 bits per heavy atom. The molecule has 3 aromatic rings. The summed E-state index contributed by atoms with van der Waals surface area (Å²) < 4.78 is 11.3. The largest absolute Gasteiger partial charge is 0.496 e. The van der Waals surface area contributed by atoms with Crippen molar-refractivity contribution in [1.29, 1.82) is 0 Å². The maximum atomic E-state index is 5.65. The van der Waals surface area contributed by atoms with E-state index in [9.17, 15) is 0 Å². The first-order chi connectivity index (χ1) is 16.2. The molecule has 0 bridgehead atoms. The Bertz CT molecular complexity index is 1090. The third kappa shape index (κ3) is 6.10. The van der Waals surface area contributed by atoms with Crippen LogP contribution in [0.15, 0.2) is 35.5 Å². The Kier molecular flexibility index (Phi) is 8.97. The zero-order valence-corrected chi connectivity index (χ0v) is 22.6. The van der Waals surface area contributed by atoms with Crippen LogP contribution in [0.1, 0.15) is 44.8 Å². The van der Waals surface area contributed by atoms with Crippen LogP contribution in [0.5, 0.6) is 11.5 Å². The molecule has 0 fully saturated rings. The van der Waals surface area contributed by atoms with Crippen molar-refractivity contribution in [2.24, 2.45) is 0 Å². The van der Waals surface area contributed by atoms with Crippen LogP contribution in [-0.2, 0) is 13.1 Å². The van der Waals surface area contributed by atoms with Gasteiger partial charge in [-0.05, 0) is 53.2 Å². The summed E-state index contributed by atoms with van der Waals surface area (Å²) in [4.78, 5) is 13.3. The fourth-order valence-electron chi connectivity index (χ4n) is 4.34. The predicted octanol–water partition coefficient (Wildman–Crippen LogP) is 6.14. The maximum absolute atomic E-state index is 5.65. The lowest BCUT2D eigenvalue weighted by molar-refractivity contribution is 0.264. The molecule has 0 aliphatic heterocycles. The van der Waals surface area contributed by atoms with E-state index in [2.05, 4.69) is 50.8 Å². The Balaban J connectivity index is 1.84. The van der Waals surface area contributed by atoms with Crippen LogP contribution in [0.3, 0.4) is 0 Å². The molecular weight excluding hydrogens is 442 g/mol. The van der Waals surface area contributed by atoms with E-state index in [1.54, 1.807) is 14.2 Å². The van der Waals surface area contributed by atoms with Crippen LogP contribution in [0.4, 0.5) is 0 Å². The lowest BCUT2D eigenvalue weighted by atomic mass is 10.1. The Labute approximate surface area is 208 Å². The summed E-state index contributed by atoms with van der Waals surface area (Å²) in [6.45, 7) is 14.9. The van der Waals surface area contributed by atoms with Gasteiger partial charge in [-0.25, -0.2) is 0 Å². The number of ether oxygens (including phenoxy) is 2. The molecule has 3 rings (SSSR count). The third-order valence-corrected chi connectivity index (χ3v) is 7.40. The number of hydrogen-bond acceptors (Lipinski definition) is 6. The van der Waals surface area contributed by atoms with Gasteiger partial charge >= 0.3 is 0 Å². The van der Waals surface area contributed by atoms with Crippen LogP contribution in [0, 0.1) is 41.5 Å². The van der Waals surface area contributed by atoms with E-state index in [0.717, 1.165) is 70.5 Å².